The molecule has 1 fully saturated rings. The van der Waals surface area contributed by atoms with Crippen molar-refractivity contribution in [1.29, 1.82) is 0 Å². The summed E-state index contributed by atoms with van der Waals surface area (Å²) in [6.07, 6.45) is 5.24. The monoisotopic (exact) mass is 359 g/mol. The molecule has 0 spiro atoms. The van der Waals surface area contributed by atoms with Gasteiger partial charge in [-0.1, -0.05) is 0 Å². The van der Waals surface area contributed by atoms with Crippen LogP contribution in [0.3, 0.4) is 0 Å². The lowest BCUT2D eigenvalue weighted by Crippen LogP contribution is -2.05. The van der Waals surface area contributed by atoms with Gasteiger partial charge < -0.3 is 5.73 Å². The summed E-state index contributed by atoms with van der Waals surface area (Å²) in [5, 5.41) is 8.56. The third kappa shape index (κ3) is 3.79. The Hall–Kier alpha value is -0.920. The fraction of sp³-hybridized carbons (Fsp3) is 0.583. The summed E-state index contributed by atoms with van der Waals surface area (Å²) < 4.78 is 0.921. The van der Waals surface area contributed by atoms with E-state index in [0.717, 1.165) is 33.1 Å². The Kier molecular flexibility index (Phi) is 4.36. The third-order valence-electron chi connectivity index (χ3n) is 2.91. The van der Waals surface area contributed by atoms with Crippen molar-refractivity contribution in [2.24, 2.45) is 23.7 Å². The van der Waals surface area contributed by atoms with Crippen LogP contribution in [0.2, 0.25) is 0 Å². The molecule has 0 amide bonds. The van der Waals surface area contributed by atoms with Gasteiger partial charge in [0.05, 0.1) is 0 Å². The summed E-state index contributed by atoms with van der Waals surface area (Å²) in [5.74, 6) is 0.803. The maximum Gasteiger partial charge on any atom is 0.147 e. The van der Waals surface area contributed by atoms with Gasteiger partial charge in [0.15, 0.2) is 0 Å². The fourth-order valence-electron chi connectivity index (χ4n) is 1.61. The highest BCUT2D eigenvalue weighted by Crippen LogP contribution is 2.28. The van der Waals surface area contributed by atoms with Crippen LogP contribution in [0.5, 0.6) is 0 Å². The van der Waals surface area contributed by atoms with Crippen molar-refractivity contribution in [1.82, 2.24) is 15.0 Å². The number of hydrogen-bond acceptors (Lipinski definition) is 4. The van der Waals surface area contributed by atoms with Crippen LogP contribution in [0.25, 0.3) is 0 Å². The summed E-state index contributed by atoms with van der Waals surface area (Å²) in [6, 6.07) is 0. The van der Waals surface area contributed by atoms with Gasteiger partial charge in [0.1, 0.15) is 9.39 Å². The van der Waals surface area contributed by atoms with E-state index in [1.54, 1.807) is 4.80 Å². The number of allylic oxidation sites excluding steroid dienone is 2. The van der Waals surface area contributed by atoms with Crippen molar-refractivity contribution in [3.8, 4) is 0 Å². The molecule has 5 nitrogen and oxygen atoms in total. The zero-order valence-electron chi connectivity index (χ0n) is 10.7. The minimum absolute atomic E-state index is 0.697. The van der Waals surface area contributed by atoms with E-state index >= 15 is 0 Å². The molecular weight excluding hydrogens is 341 g/mol. The molecule has 6 heteroatoms. The number of aromatic nitrogens is 3. The average Bonchev–Trinajstić information content (AvgIpc) is 3.04. The molecule has 98 valence electrons. The second-order valence-electron chi connectivity index (χ2n) is 4.75. The topological polar surface area (TPSA) is 69.1 Å². The van der Waals surface area contributed by atoms with Crippen molar-refractivity contribution in [3.63, 3.8) is 0 Å². The molecule has 0 saturated heterocycles. The molecule has 1 aliphatic rings. The first-order valence-corrected chi connectivity index (χ1v) is 7.15. The number of aliphatic imine (C=N–C) groups is 1. The summed E-state index contributed by atoms with van der Waals surface area (Å²) in [6.45, 7) is 2.83. The largest absolute Gasteiger partial charge is 0.402 e. The first-order valence-electron chi connectivity index (χ1n) is 6.07. The maximum absolute atomic E-state index is 5.90. The number of nitrogens with zero attached hydrogens (tertiary/aromatic N) is 4. The summed E-state index contributed by atoms with van der Waals surface area (Å²) in [7, 11) is 1.82. The first kappa shape index (κ1) is 13.5. The van der Waals surface area contributed by atoms with Crippen molar-refractivity contribution in [2.45, 2.75) is 26.2 Å². The molecule has 0 aromatic carbocycles. The van der Waals surface area contributed by atoms with Gasteiger partial charge in [-0.3, -0.25) is 4.99 Å². The van der Waals surface area contributed by atoms with Gasteiger partial charge in [-0.15, -0.1) is 5.10 Å². The van der Waals surface area contributed by atoms with Crippen LogP contribution in [0.4, 0.5) is 0 Å². The van der Waals surface area contributed by atoms with Crippen LogP contribution < -0.4 is 5.73 Å². The molecule has 1 saturated carbocycles. The Bertz CT molecular complexity index is 481. The molecule has 1 aliphatic carbocycles. The lowest BCUT2D eigenvalue weighted by atomic mass is 10.1. The van der Waals surface area contributed by atoms with Crippen molar-refractivity contribution < 1.29 is 0 Å². The second-order valence-corrected chi connectivity index (χ2v) is 5.77. The Labute approximate surface area is 121 Å². The van der Waals surface area contributed by atoms with Gasteiger partial charge in [-0.2, -0.15) is 9.90 Å². The van der Waals surface area contributed by atoms with Crippen molar-refractivity contribution in [2.75, 3.05) is 6.54 Å². The normalized spacial score (nSPS) is 17.3. The van der Waals surface area contributed by atoms with Gasteiger partial charge >= 0.3 is 0 Å². The van der Waals surface area contributed by atoms with E-state index in [2.05, 4.69) is 37.8 Å². The molecule has 2 N–H and O–H groups in total. The van der Waals surface area contributed by atoms with Crippen molar-refractivity contribution in [3.05, 3.63) is 20.7 Å². The van der Waals surface area contributed by atoms with Crippen LogP contribution in [-0.4, -0.2) is 27.8 Å². The van der Waals surface area contributed by atoms with E-state index in [4.69, 9.17) is 5.73 Å². The highest BCUT2D eigenvalue weighted by atomic mass is 127. The smallest absolute Gasteiger partial charge is 0.147 e. The first-order chi connectivity index (χ1) is 8.56. The quantitative estimate of drug-likeness (QED) is 0.642. The molecule has 0 atom stereocenters. The van der Waals surface area contributed by atoms with Crippen molar-refractivity contribution >= 4 is 28.8 Å². The van der Waals surface area contributed by atoms with E-state index < -0.39 is 0 Å². The summed E-state index contributed by atoms with van der Waals surface area (Å²) in [4.78, 5) is 6.05. The molecule has 0 radical (unpaired) electrons. The number of halogens is 1. The highest BCUT2D eigenvalue weighted by Gasteiger charge is 2.20. The Balaban J connectivity index is 2.04. The minimum Gasteiger partial charge on any atom is -0.402 e. The van der Waals surface area contributed by atoms with Crippen LogP contribution >= 0.6 is 22.6 Å². The Morgan fingerprint density at radius 2 is 2.28 bits per heavy atom. The van der Waals surface area contributed by atoms with Crippen LogP contribution in [0.15, 0.2) is 16.3 Å². The van der Waals surface area contributed by atoms with Gasteiger partial charge in [-0.25, -0.2) is 0 Å². The lowest BCUT2D eigenvalue weighted by Gasteiger charge is -2.02. The van der Waals surface area contributed by atoms with Crippen LogP contribution in [0, 0.1) is 9.62 Å². The zero-order chi connectivity index (χ0) is 13.1. The highest BCUT2D eigenvalue weighted by molar-refractivity contribution is 14.1. The number of rotatable bonds is 5. The Morgan fingerprint density at radius 1 is 1.56 bits per heavy atom. The van der Waals surface area contributed by atoms with Gasteiger partial charge in [0.25, 0.3) is 0 Å². The average molecular weight is 359 g/mol. The fourth-order valence-corrected chi connectivity index (χ4v) is 2.22. The molecular formula is C12H18IN5. The second kappa shape index (κ2) is 5.81. The number of nitrogens with two attached hydrogens (primary N) is 1. The third-order valence-corrected chi connectivity index (χ3v) is 3.75. The molecule has 0 bridgehead atoms. The Morgan fingerprint density at radius 3 is 2.78 bits per heavy atom. The van der Waals surface area contributed by atoms with E-state index in [9.17, 15) is 0 Å². The molecule has 1 aromatic heterocycles. The molecule has 2 rings (SSSR count). The maximum atomic E-state index is 5.90. The van der Waals surface area contributed by atoms with E-state index in [1.165, 1.54) is 12.8 Å². The van der Waals surface area contributed by atoms with Crippen LogP contribution in [0.1, 0.15) is 25.5 Å². The van der Waals surface area contributed by atoms with Gasteiger partial charge in [0.2, 0.25) is 0 Å². The summed E-state index contributed by atoms with van der Waals surface area (Å²) >= 11 is 2.19. The molecule has 18 heavy (non-hydrogen) atoms. The van der Waals surface area contributed by atoms with E-state index in [-0.39, 0.29) is 0 Å². The molecule has 1 heterocycles. The van der Waals surface area contributed by atoms with Gasteiger partial charge in [0, 0.05) is 31.9 Å². The van der Waals surface area contributed by atoms with E-state index in [0.29, 0.717) is 6.42 Å². The predicted octanol–water partition coefficient (Wildman–Crippen LogP) is 1.68. The molecule has 0 unspecified atom stereocenters. The predicted molar refractivity (Wildman–Crippen MR) is 80.4 cm³/mol. The number of aryl methyl sites for hydroxylation is 1. The zero-order valence-corrected chi connectivity index (χ0v) is 12.9. The number of hydrogen-bond donors (Lipinski definition) is 1. The van der Waals surface area contributed by atoms with Gasteiger partial charge in [-0.05, 0) is 53.8 Å². The molecule has 1 aromatic rings. The summed E-state index contributed by atoms with van der Waals surface area (Å²) in [5.41, 5.74) is 8.70. The SMILES string of the molecule is CC(N)=C(C=NCC1CC1)Cc1nn(C)nc1I. The van der Waals surface area contributed by atoms with Crippen LogP contribution in [-0.2, 0) is 13.5 Å². The van der Waals surface area contributed by atoms with E-state index in [1.807, 2.05) is 20.2 Å². The molecule has 0 aliphatic heterocycles. The standard InChI is InChI=1S/C12H18IN5/c1-8(14)10(7-15-6-9-3-4-9)5-11-12(13)17-18(2)16-11/h7,9H,3-6,14H2,1-2H3. The minimum atomic E-state index is 0.697. The lowest BCUT2D eigenvalue weighted by molar-refractivity contribution is 0.644.